The van der Waals surface area contributed by atoms with E-state index in [-0.39, 0.29) is 29.7 Å². The van der Waals surface area contributed by atoms with Gasteiger partial charge in [-0.1, -0.05) is 30.3 Å². The molecule has 0 aliphatic heterocycles. The molecule has 1 aliphatic carbocycles. The number of amides is 3. The summed E-state index contributed by atoms with van der Waals surface area (Å²) in [6, 6.07) is 12.3. The first-order valence-corrected chi connectivity index (χ1v) is 10.5. The summed E-state index contributed by atoms with van der Waals surface area (Å²) in [5.41, 5.74) is 5.35. The lowest BCUT2D eigenvalue weighted by Gasteiger charge is -2.24. The Balaban J connectivity index is 1.51. The number of rotatable bonds is 8. The number of hydrazine groups is 1. The van der Waals surface area contributed by atoms with Gasteiger partial charge in [-0.25, -0.2) is 0 Å². The number of carbonyl (C=O) groups excluding carboxylic acids is 3. The second kappa shape index (κ2) is 10.8. The van der Waals surface area contributed by atoms with Crippen molar-refractivity contribution in [2.24, 2.45) is 5.92 Å². The topological polar surface area (TPSA) is 96.5 Å². The van der Waals surface area contributed by atoms with E-state index >= 15 is 0 Å². The van der Waals surface area contributed by atoms with Gasteiger partial charge >= 0.3 is 0 Å². The van der Waals surface area contributed by atoms with E-state index in [9.17, 15) is 23.2 Å². The molecule has 0 unspecified atom stereocenters. The minimum absolute atomic E-state index is 0.0708. The van der Waals surface area contributed by atoms with E-state index in [1.165, 1.54) is 36.4 Å². The highest BCUT2D eigenvalue weighted by Crippen LogP contribution is 2.27. The van der Waals surface area contributed by atoms with Crippen LogP contribution in [0.3, 0.4) is 0 Å². The van der Waals surface area contributed by atoms with E-state index in [0.717, 1.165) is 19.3 Å². The number of alkyl halides is 2. The normalized spacial score (nSPS) is 13.3. The Kier molecular flexibility index (Phi) is 7.82. The Hall–Kier alpha value is -3.14. The number of benzene rings is 2. The Bertz CT molecular complexity index is 936. The highest BCUT2D eigenvalue weighted by molar-refractivity contribution is 7.99. The predicted octanol–water partition coefficient (Wildman–Crippen LogP) is 3.58. The van der Waals surface area contributed by atoms with Crippen molar-refractivity contribution in [3.8, 4) is 5.75 Å². The van der Waals surface area contributed by atoms with Gasteiger partial charge in [-0.15, -0.1) is 0 Å². The minimum Gasteiger partial charge on any atom is -0.483 e. The molecule has 3 N–H and O–H groups in total. The summed E-state index contributed by atoms with van der Waals surface area (Å²) in [7, 11) is 0. The number of nitrogens with one attached hydrogen (secondary N) is 3. The van der Waals surface area contributed by atoms with Crippen molar-refractivity contribution in [1.29, 1.82) is 0 Å². The summed E-state index contributed by atoms with van der Waals surface area (Å²) in [5.74, 6) is -3.68. The monoisotopic (exact) mass is 449 g/mol. The average molecular weight is 449 g/mol. The average Bonchev–Trinajstić information content (AvgIpc) is 2.70. The molecule has 2 aromatic rings. The van der Waals surface area contributed by atoms with E-state index in [2.05, 4.69) is 16.2 Å². The molecular weight excluding hydrogens is 428 g/mol. The molecule has 3 rings (SSSR count). The zero-order valence-electron chi connectivity index (χ0n) is 16.4. The number of thioether (sulfide) groups is 1. The van der Waals surface area contributed by atoms with Gasteiger partial charge in [0, 0.05) is 16.5 Å². The zero-order chi connectivity index (χ0) is 22.2. The number of halogens is 2. The molecule has 1 saturated carbocycles. The highest BCUT2D eigenvalue weighted by Gasteiger charge is 2.25. The first-order chi connectivity index (χ1) is 14.9. The summed E-state index contributed by atoms with van der Waals surface area (Å²) in [5, 5.41) is 2.59. The van der Waals surface area contributed by atoms with Gasteiger partial charge in [0.15, 0.2) is 6.61 Å². The van der Waals surface area contributed by atoms with Gasteiger partial charge in [-0.2, -0.15) is 8.78 Å². The molecule has 0 saturated heterocycles. The molecule has 7 nitrogen and oxygen atoms in total. The van der Waals surface area contributed by atoms with Gasteiger partial charge in [-0.05, 0) is 49.2 Å². The largest absolute Gasteiger partial charge is 0.483 e. The molecule has 1 aliphatic rings. The molecule has 0 radical (unpaired) electrons. The molecule has 3 amide bonds. The van der Waals surface area contributed by atoms with Crippen molar-refractivity contribution in [3.05, 3.63) is 54.1 Å². The molecule has 0 heterocycles. The number of hydrogen-bond donors (Lipinski definition) is 3. The van der Waals surface area contributed by atoms with E-state index < -0.39 is 17.6 Å². The molecule has 0 spiro atoms. The van der Waals surface area contributed by atoms with Gasteiger partial charge in [0.1, 0.15) is 5.75 Å². The molecule has 0 atom stereocenters. The Morgan fingerprint density at radius 1 is 1.03 bits per heavy atom. The summed E-state index contributed by atoms with van der Waals surface area (Å²) in [6.45, 7) is -0.369. The van der Waals surface area contributed by atoms with Gasteiger partial charge in [-0.3, -0.25) is 25.2 Å². The number of carbonyl (C=O) groups is 3. The third kappa shape index (κ3) is 6.68. The fourth-order valence-corrected chi connectivity index (χ4v) is 3.30. The van der Waals surface area contributed by atoms with E-state index in [0.29, 0.717) is 22.3 Å². The number of ether oxygens (including phenoxy) is 1. The van der Waals surface area contributed by atoms with Crippen molar-refractivity contribution in [2.75, 3.05) is 11.9 Å². The van der Waals surface area contributed by atoms with Crippen LogP contribution in [0.5, 0.6) is 5.75 Å². The van der Waals surface area contributed by atoms with Gasteiger partial charge in [0.25, 0.3) is 17.6 Å². The number of para-hydroxylation sites is 1. The van der Waals surface area contributed by atoms with Crippen LogP contribution in [0.4, 0.5) is 14.5 Å². The number of anilines is 1. The molecule has 1 fully saturated rings. The van der Waals surface area contributed by atoms with Crippen LogP contribution >= 0.6 is 11.8 Å². The summed E-state index contributed by atoms with van der Waals surface area (Å²) >= 11 is 0.415. The third-order valence-corrected chi connectivity index (χ3v) is 5.35. The summed E-state index contributed by atoms with van der Waals surface area (Å²) in [4.78, 5) is 36.8. The maximum atomic E-state index is 12.4. The smallest absolute Gasteiger partial charge is 0.288 e. The summed E-state index contributed by atoms with van der Waals surface area (Å²) < 4.78 is 30.2. The second-order valence-electron chi connectivity index (χ2n) is 6.81. The molecule has 0 aromatic heterocycles. The van der Waals surface area contributed by atoms with Crippen LogP contribution in [0.2, 0.25) is 0 Å². The fourth-order valence-electron chi connectivity index (χ4n) is 2.80. The minimum atomic E-state index is -2.52. The molecular formula is C21H21F2N3O4S. The summed E-state index contributed by atoms with van der Waals surface area (Å²) in [6.07, 6.45) is 2.62. The lowest BCUT2D eigenvalue weighted by molar-refractivity contribution is -0.128. The standard InChI is InChI=1S/C21H21F2N3O4S/c22-21(23)31-15-10-8-14(9-11-15)24-18(27)12-30-17-7-2-1-6-16(17)20(29)26-25-19(28)13-4-3-5-13/h1-2,6-11,13,21H,3-5,12H2,(H,24,27)(H,25,28)(H,26,29). The van der Waals surface area contributed by atoms with E-state index in [4.69, 9.17) is 4.74 Å². The van der Waals surface area contributed by atoms with Crippen LogP contribution in [0.1, 0.15) is 29.6 Å². The molecule has 2 aromatic carbocycles. The van der Waals surface area contributed by atoms with Crippen molar-refractivity contribution in [3.63, 3.8) is 0 Å². The van der Waals surface area contributed by atoms with Crippen molar-refractivity contribution >= 4 is 35.2 Å². The number of hydrogen-bond acceptors (Lipinski definition) is 5. The second-order valence-corrected chi connectivity index (χ2v) is 7.87. The van der Waals surface area contributed by atoms with Crippen LogP contribution in [-0.2, 0) is 9.59 Å². The molecule has 0 bridgehead atoms. The maximum absolute atomic E-state index is 12.4. The molecule has 10 heteroatoms. The van der Waals surface area contributed by atoms with Crippen LogP contribution in [0.25, 0.3) is 0 Å². The van der Waals surface area contributed by atoms with E-state index in [1.54, 1.807) is 12.1 Å². The van der Waals surface area contributed by atoms with Crippen LogP contribution < -0.4 is 20.9 Å². The van der Waals surface area contributed by atoms with Crippen molar-refractivity contribution in [1.82, 2.24) is 10.9 Å². The maximum Gasteiger partial charge on any atom is 0.288 e. The zero-order valence-corrected chi connectivity index (χ0v) is 17.2. The fraction of sp³-hybridized carbons (Fsp3) is 0.286. The van der Waals surface area contributed by atoms with E-state index in [1.807, 2.05) is 0 Å². The lowest BCUT2D eigenvalue weighted by Crippen LogP contribution is -2.46. The van der Waals surface area contributed by atoms with Gasteiger partial charge in [0.2, 0.25) is 5.91 Å². The first-order valence-electron chi connectivity index (χ1n) is 9.59. The Morgan fingerprint density at radius 3 is 2.39 bits per heavy atom. The van der Waals surface area contributed by atoms with Crippen LogP contribution in [-0.4, -0.2) is 30.1 Å². The van der Waals surface area contributed by atoms with Crippen LogP contribution in [0.15, 0.2) is 53.4 Å². The lowest BCUT2D eigenvalue weighted by atomic mass is 9.85. The Morgan fingerprint density at radius 2 is 1.74 bits per heavy atom. The third-order valence-electron chi connectivity index (χ3n) is 4.63. The van der Waals surface area contributed by atoms with Crippen molar-refractivity contribution in [2.45, 2.75) is 29.9 Å². The van der Waals surface area contributed by atoms with Crippen LogP contribution in [0, 0.1) is 5.92 Å². The molecule has 31 heavy (non-hydrogen) atoms. The first kappa shape index (κ1) is 22.5. The van der Waals surface area contributed by atoms with Gasteiger partial charge < -0.3 is 10.1 Å². The quantitative estimate of drug-likeness (QED) is 0.423. The highest BCUT2D eigenvalue weighted by atomic mass is 32.2. The SMILES string of the molecule is O=C(COc1ccccc1C(=O)NNC(=O)C1CCC1)Nc1ccc(SC(F)F)cc1. The molecule has 164 valence electrons. The predicted molar refractivity (Wildman–Crippen MR) is 112 cm³/mol. The van der Waals surface area contributed by atoms with Gasteiger partial charge in [0.05, 0.1) is 5.56 Å². The van der Waals surface area contributed by atoms with Crippen molar-refractivity contribution < 1.29 is 27.9 Å². The Labute approximate surface area is 181 Å².